The number of carbonyl (C=O) groups excluding carboxylic acids is 1. The number of anilines is 1. The third-order valence-electron chi connectivity index (χ3n) is 4.10. The maximum Gasteiger partial charge on any atom is 0.319 e. The molecular formula is C17H26N2O. The van der Waals surface area contributed by atoms with Crippen molar-refractivity contribution in [1.29, 1.82) is 0 Å². The van der Waals surface area contributed by atoms with E-state index in [1.54, 1.807) is 0 Å². The van der Waals surface area contributed by atoms with Crippen LogP contribution in [-0.4, -0.2) is 12.1 Å². The Labute approximate surface area is 122 Å². The minimum atomic E-state index is -0.0720. The highest BCUT2D eigenvalue weighted by molar-refractivity contribution is 5.90. The zero-order chi connectivity index (χ0) is 14.5. The van der Waals surface area contributed by atoms with Crippen LogP contribution in [0.15, 0.2) is 24.3 Å². The van der Waals surface area contributed by atoms with Crippen LogP contribution in [0.3, 0.4) is 0 Å². The second kappa shape index (κ2) is 6.78. The predicted octanol–water partition coefficient (Wildman–Crippen LogP) is 4.51. The van der Waals surface area contributed by atoms with Crippen LogP contribution in [0.1, 0.15) is 57.9 Å². The van der Waals surface area contributed by atoms with Crippen molar-refractivity contribution in [1.82, 2.24) is 5.32 Å². The SMILES string of the molecule is CC(C)c1ccccc1NC(=O)N[C@H]1CCC[C@H](C)C1. The third-order valence-corrected chi connectivity index (χ3v) is 4.10. The van der Waals surface area contributed by atoms with Crippen LogP contribution in [0.25, 0.3) is 0 Å². The fourth-order valence-corrected chi connectivity index (χ4v) is 3.02. The Balaban J connectivity index is 1.94. The molecule has 1 aliphatic carbocycles. The van der Waals surface area contributed by atoms with Crippen molar-refractivity contribution >= 4 is 11.7 Å². The molecule has 0 saturated heterocycles. The van der Waals surface area contributed by atoms with Crippen molar-refractivity contribution in [2.24, 2.45) is 5.92 Å². The predicted molar refractivity (Wildman–Crippen MR) is 84.1 cm³/mol. The van der Waals surface area contributed by atoms with Crippen molar-refractivity contribution in [3.63, 3.8) is 0 Å². The molecule has 0 aliphatic heterocycles. The zero-order valence-corrected chi connectivity index (χ0v) is 12.8. The Bertz CT molecular complexity index is 456. The van der Waals surface area contributed by atoms with Crippen LogP contribution < -0.4 is 10.6 Å². The van der Waals surface area contributed by atoms with E-state index in [1.807, 2.05) is 18.2 Å². The topological polar surface area (TPSA) is 41.1 Å². The number of rotatable bonds is 3. The minimum Gasteiger partial charge on any atom is -0.335 e. The summed E-state index contributed by atoms with van der Waals surface area (Å²) in [6, 6.07) is 8.27. The van der Waals surface area contributed by atoms with Crippen LogP contribution in [0, 0.1) is 5.92 Å². The fourth-order valence-electron chi connectivity index (χ4n) is 3.02. The molecule has 1 aromatic carbocycles. The van der Waals surface area contributed by atoms with Gasteiger partial charge in [0, 0.05) is 11.7 Å². The molecule has 0 radical (unpaired) electrons. The van der Waals surface area contributed by atoms with Crippen molar-refractivity contribution in [3.8, 4) is 0 Å². The standard InChI is InChI=1S/C17H26N2O/c1-12(2)15-9-4-5-10-16(15)19-17(20)18-14-8-6-7-13(3)11-14/h4-5,9-10,12-14H,6-8,11H2,1-3H3,(H2,18,19,20)/t13-,14-/m0/s1. The second-order valence-electron chi connectivity index (χ2n) is 6.31. The molecule has 2 atom stereocenters. The summed E-state index contributed by atoms with van der Waals surface area (Å²) in [6.45, 7) is 6.54. The van der Waals surface area contributed by atoms with Gasteiger partial charge in [-0.15, -0.1) is 0 Å². The van der Waals surface area contributed by atoms with Crippen LogP contribution in [0.2, 0.25) is 0 Å². The Morgan fingerprint density at radius 2 is 2.00 bits per heavy atom. The van der Waals surface area contributed by atoms with Gasteiger partial charge in [0.15, 0.2) is 0 Å². The van der Waals surface area contributed by atoms with Gasteiger partial charge in [0.1, 0.15) is 0 Å². The molecule has 0 unspecified atom stereocenters. The summed E-state index contributed by atoms with van der Waals surface area (Å²) < 4.78 is 0. The minimum absolute atomic E-state index is 0.0720. The largest absolute Gasteiger partial charge is 0.335 e. The second-order valence-corrected chi connectivity index (χ2v) is 6.31. The third kappa shape index (κ3) is 3.99. The molecule has 2 N–H and O–H groups in total. The van der Waals surface area contributed by atoms with E-state index >= 15 is 0 Å². The van der Waals surface area contributed by atoms with E-state index in [1.165, 1.54) is 18.4 Å². The van der Waals surface area contributed by atoms with E-state index in [2.05, 4.69) is 37.5 Å². The Kier molecular flexibility index (Phi) is 5.05. The number of nitrogens with one attached hydrogen (secondary N) is 2. The van der Waals surface area contributed by atoms with Crippen LogP contribution >= 0.6 is 0 Å². The number of benzene rings is 1. The molecule has 110 valence electrons. The van der Waals surface area contributed by atoms with Gasteiger partial charge in [0.05, 0.1) is 0 Å². The van der Waals surface area contributed by atoms with E-state index in [0.717, 1.165) is 24.4 Å². The molecular weight excluding hydrogens is 248 g/mol. The lowest BCUT2D eigenvalue weighted by molar-refractivity contribution is 0.238. The Morgan fingerprint density at radius 1 is 1.25 bits per heavy atom. The van der Waals surface area contributed by atoms with Gasteiger partial charge >= 0.3 is 6.03 Å². The van der Waals surface area contributed by atoms with Crippen LogP contribution in [0.4, 0.5) is 10.5 Å². The van der Waals surface area contributed by atoms with Crippen molar-refractivity contribution < 1.29 is 4.79 Å². The highest BCUT2D eigenvalue weighted by Gasteiger charge is 2.20. The average Bonchev–Trinajstić information content (AvgIpc) is 2.38. The summed E-state index contributed by atoms with van der Waals surface area (Å²) >= 11 is 0. The Hall–Kier alpha value is -1.51. The molecule has 0 bridgehead atoms. The lowest BCUT2D eigenvalue weighted by Crippen LogP contribution is -2.40. The summed E-state index contributed by atoms with van der Waals surface area (Å²) in [7, 11) is 0. The van der Waals surface area contributed by atoms with Crippen molar-refractivity contribution in [2.75, 3.05) is 5.32 Å². The van der Waals surface area contributed by atoms with Crippen LogP contribution in [-0.2, 0) is 0 Å². The van der Waals surface area contributed by atoms with Gasteiger partial charge in [-0.3, -0.25) is 0 Å². The van der Waals surface area contributed by atoms with Gasteiger partial charge in [0.25, 0.3) is 0 Å². The molecule has 1 fully saturated rings. The van der Waals surface area contributed by atoms with Gasteiger partial charge in [-0.05, 0) is 36.3 Å². The number of hydrogen-bond donors (Lipinski definition) is 2. The van der Waals surface area contributed by atoms with Gasteiger partial charge in [-0.2, -0.15) is 0 Å². The Morgan fingerprint density at radius 3 is 2.70 bits per heavy atom. The molecule has 2 rings (SSSR count). The van der Waals surface area contributed by atoms with Gasteiger partial charge in [-0.25, -0.2) is 4.79 Å². The first kappa shape index (κ1) is 14.9. The van der Waals surface area contributed by atoms with Gasteiger partial charge < -0.3 is 10.6 Å². The van der Waals surface area contributed by atoms with E-state index < -0.39 is 0 Å². The quantitative estimate of drug-likeness (QED) is 0.836. The monoisotopic (exact) mass is 274 g/mol. The molecule has 1 aliphatic rings. The number of para-hydroxylation sites is 1. The molecule has 3 nitrogen and oxygen atoms in total. The molecule has 1 saturated carbocycles. The van der Waals surface area contributed by atoms with Crippen molar-refractivity contribution in [2.45, 2.75) is 58.4 Å². The van der Waals surface area contributed by atoms with E-state index in [0.29, 0.717) is 12.0 Å². The number of hydrogen-bond acceptors (Lipinski definition) is 1. The highest BCUT2D eigenvalue weighted by Crippen LogP contribution is 2.25. The van der Waals surface area contributed by atoms with E-state index in [-0.39, 0.29) is 6.03 Å². The first-order valence-corrected chi connectivity index (χ1v) is 7.72. The summed E-state index contributed by atoms with van der Waals surface area (Å²) in [5.74, 6) is 1.12. The molecule has 0 heterocycles. The van der Waals surface area contributed by atoms with Crippen molar-refractivity contribution in [3.05, 3.63) is 29.8 Å². The molecule has 0 aromatic heterocycles. The smallest absolute Gasteiger partial charge is 0.319 e. The molecule has 0 spiro atoms. The number of carbonyl (C=O) groups is 1. The first-order valence-electron chi connectivity index (χ1n) is 7.72. The van der Waals surface area contributed by atoms with Gasteiger partial charge in [-0.1, -0.05) is 51.8 Å². The maximum absolute atomic E-state index is 12.1. The molecule has 3 heteroatoms. The average molecular weight is 274 g/mol. The van der Waals surface area contributed by atoms with E-state index in [4.69, 9.17) is 0 Å². The molecule has 2 amide bonds. The number of amides is 2. The first-order chi connectivity index (χ1) is 9.56. The summed E-state index contributed by atoms with van der Waals surface area (Å²) in [4.78, 5) is 12.1. The molecule has 1 aromatic rings. The van der Waals surface area contributed by atoms with E-state index in [9.17, 15) is 4.79 Å². The number of urea groups is 1. The normalized spacial score (nSPS) is 22.6. The zero-order valence-electron chi connectivity index (χ0n) is 12.8. The summed E-state index contributed by atoms with van der Waals surface area (Å²) in [5, 5.41) is 6.12. The fraction of sp³-hybridized carbons (Fsp3) is 0.588. The maximum atomic E-state index is 12.1. The summed E-state index contributed by atoms with van der Waals surface area (Å²) in [5.41, 5.74) is 2.10. The lowest BCUT2D eigenvalue weighted by Gasteiger charge is -2.27. The summed E-state index contributed by atoms with van der Waals surface area (Å²) in [6.07, 6.45) is 4.70. The van der Waals surface area contributed by atoms with Crippen LogP contribution in [0.5, 0.6) is 0 Å². The van der Waals surface area contributed by atoms with Gasteiger partial charge in [0.2, 0.25) is 0 Å². The molecule has 20 heavy (non-hydrogen) atoms. The lowest BCUT2D eigenvalue weighted by atomic mass is 9.87. The highest BCUT2D eigenvalue weighted by atomic mass is 16.2.